The molecule has 120 valence electrons. The van der Waals surface area contributed by atoms with Crippen LogP contribution in [0.4, 0.5) is 0 Å². The van der Waals surface area contributed by atoms with Crippen molar-refractivity contribution in [2.24, 2.45) is 0 Å². The fourth-order valence-electron chi connectivity index (χ4n) is 2.75. The summed E-state index contributed by atoms with van der Waals surface area (Å²) in [5.41, 5.74) is 1.16. The van der Waals surface area contributed by atoms with Crippen molar-refractivity contribution in [1.29, 1.82) is 0 Å². The van der Waals surface area contributed by atoms with Gasteiger partial charge in [0.2, 0.25) is 0 Å². The van der Waals surface area contributed by atoms with Crippen molar-refractivity contribution in [1.82, 2.24) is 24.5 Å². The van der Waals surface area contributed by atoms with Crippen molar-refractivity contribution in [2.45, 2.75) is 45.7 Å². The maximum absolute atomic E-state index is 10.2. The molecule has 0 aliphatic carbocycles. The summed E-state index contributed by atoms with van der Waals surface area (Å²) in [4.78, 5) is 2.19. The first-order valence-electron chi connectivity index (χ1n) is 7.78. The first-order chi connectivity index (χ1) is 10.7. The summed E-state index contributed by atoms with van der Waals surface area (Å²) in [5, 5.41) is 18.7. The lowest BCUT2D eigenvalue weighted by Gasteiger charge is -2.15. The normalized spacial score (nSPS) is 22.3. The van der Waals surface area contributed by atoms with Crippen molar-refractivity contribution in [3.8, 4) is 5.75 Å². The van der Waals surface area contributed by atoms with E-state index in [1.165, 1.54) is 0 Å². The maximum atomic E-state index is 10.2. The second-order valence-corrected chi connectivity index (χ2v) is 5.65. The number of likely N-dealkylation sites (tertiary alicyclic amines) is 1. The summed E-state index contributed by atoms with van der Waals surface area (Å²) >= 11 is 0. The van der Waals surface area contributed by atoms with Crippen molar-refractivity contribution in [3.63, 3.8) is 0 Å². The predicted molar refractivity (Wildman–Crippen MR) is 81.5 cm³/mol. The molecule has 0 unspecified atom stereocenters. The number of hydrogen-bond acceptors (Lipinski definition) is 5. The zero-order valence-electron chi connectivity index (χ0n) is 13.1. The van der Waals surface area contributed by atoms with E-state index in [0.29, 0.717) is 18.8 Å². The summed E-state index contributed by atoms with van der Waals surface area (Å²) in [6.45, 7) is 7.88. The van der Waals surface area contributed by atoms with Gasteiger partial charge in [0.1, 0.15) is 12.2 Å². The topological polar surface area (TPSA) is 68.3 Å². The van der Waals surface area contributed by atoms with Gasteiger partial charge in [0, 0.05) is 44.5 Å². The van der Waals surface area contributed by atoms with Crippen molar-refractivity contribution in [2.75, 3.05) is 13.1 Å². The molecule has 1 aliphatic rings. The predicted octanol–water partition coefficient (Wildman–Crippen LogP) is 0.743. The fourth-order valence-corrected chi connectivity index (χ4v) is 2.75. The van der Waals surface area contributed by atoms with Gasteiger partial charge < -0.3 is 9.84 Å². The van der Waals surface area contributed by atoms with Crippen LogP contribution in [-0.4, -0.2) is 54.9 Å². The van der Waals surface area contributed by atoms with Crippen LogP contribution < -0.4 is 4.74 Å². The van der Waals surface area contributed by atoms with Gasteiger partial charge in [0.25, 0.3) is 0 Å². The van der Waals surface area contributed by atoms with E-state index in [1.807, 2.05) is 34.9 Å². The lowest BCUT2D eigenvalue weighted by molar-refractivity contribution is 0.0736. The minimum Gasteiger partial charge on any atom is -0.483 e. The molecular weight excluding hydrogens is 282 g/mol. The summed E-state index contributed by atoms with van der Waals surface area (Å²) in [6, 6.07) is 0. The third kappa shape index (κ3) is 3.31. The Bertz CT molecular complexity index is 609. The average molecular weight is 305 g/mol. The van der Waals surface area contributed by atoms with E-state index in [-0.39, 0.29) is 6.10 Å². The van der Waals surface area contributed by atoms with E-state index in [9.17, 15) is 5.11 Å². The molecular formula is C15H23N5O2. The van der Waals surface area contributed by atoms with Crippen molar-refractivity contribution in [3.05, 3.63) is 30.4 Å². The Hall–Kier alpha value is -1.86. The average Bonchev–Trinajstić information content (AvgIpc) is 3.21. The number of aliphatic hydroxyl groups excluding tert-OH is 1. The Kier molecular flexibility index (Phi) is 4.44. The molecule has 0 spiro atoms. The van der Waals surface area contributed by atoms with E-state index < -0.39 is 6.10 Å². The Morgan fingerprint density at radius 3 is 2.55 bits per heavy atom. The Morgan fingerprint density at radius 2 is 1.86 bits per heavy atom. The molecule has 1 saturated heterocycles. The first-order valence-corrected chi connectivity index (χ1v) is 7.78. The lowest BCUT2D eigenvalue weighted by atomic mass is 10.3. The fraction of sp³-hybridized carbons (Fsp3) is 0.600. The number of aromatic nitrogens is 4. The zero-order chi connectivity index (χ0) is 15.5. The third-order valence-electron chi connectivity index (χ3n) is 3.95. The molecule has 1 fully saturated rings. The van der Waals surface area contributed by atoms with Gasteiger partial charge in [-0.25, -0.2) is 0 Å². The van der Waals surface area contributed by atoms with Crippen LogP contribution >= 0.6 is 0 Å². The van der Waals surface area contributed by atoms with Crippen LogP contribution in [0, 0.1) is 0 Å². The highest BCUT2D eigenvalue weighted by Gasteiger charge is 2.33. The highest BCUT2D eigenvalue weighted by molar-refractivity contribution is 5.13. The number of hydrogen-bond donors (Lipinski definition) is 1. The summed E-state index contributed by atoms with van der Waals surface area (Å²) in [5.74, 6) is 0.714. The summed E-state index contributed by atoms with van der Waals surface area (Å²) < 4.78 is 9.59. The minimum absolute atomic E-state index is 0.212. The van der Waals surface area contributed by atoms with Crippen molar-refractivity contribution >= 4 is 0 Å². The van der Waals surface area contributed by atoms with Crippen LogP contribution in [0.15, 0.2) is 24.8 Å². The summed E-state index contributed by atoms with van der Waals surface area (Å²) in [7, 11) is 0. The molecule has 0 bridgehead atoms. The minimum atomic E-state index is -0.480. The van der Waals surface area contributed by atoms with Gasteiger partial charge >= 0.3 is 0 Å². The molecule has 2 atom stereocenters. The van der Waals surface area contributed by atoms with E-state index >= 15 is 0 Å². The quantitative estimate of drug-likeness (QED) is 0.853. The van der Waals surface area contributed by atoms with Gasteiger partial charge in [0.05, 0.1) is 18.6 Å². The number of ether oxygens (including phenoxy) is 1. The van der Waals surface area contributed by atoms with Crippen LogP contribution in [0.3, 0.4) is 0 Å². The molecule has 7 heteroatoms. The van der Waals surface area contributed by atoms with Crippen LogP contribution in [0.25, 0.3) is 0 Å². The molecule has 1 N–H and O–H groups in total. The highest BCUT2D eigenvalue weighted by atomic mass is 16.5. The highest BCUT2D eigenvalue weighted by Crippen LogP contribution is 2.20. The summed E-state index contributed by atoms with van der Waals surface area (Å²) in [6.07, 6.45) is 6.80. The van der Waals surface area contributed by atoms with Crippen LogP contribution in [0.5, 0.6) is 5.75 Å². The second-order valence-electron chi connectivity index (χ2n) is 5.65. The molecule has 0 saturated carbocycles. The molecule has 0 aromatic carbocycles. The van der Waals surface area contributed by atoms with Crippen LogP contribution in [0.2, 0.25) is 0 Å². The maximum Gasteiger partial charge on any atom is 0.157 e. The number of aliphatic hydroxyl groups is 1. The number of nitrogens with zero attached hydrogens (tertiary/aromatic N) is 5. The monoisotopic (exact) mass is 305 g/mol. The molecule has 22 heavy (non-hydrogen) atoms. The molecule has 7 nitrogen and oxygen atoms in total. The van der Waals surface area contributed by atoms with Gasteiger partial charge in [-0.15, -0.1) is 0 Å². The Labute approximate surface area is 130 Å². The number of aryl methyl sites for hydroxylation is 2. The molecule has 3 rings (SSSR count). The molecule has 0 amide bonds. The number of β-amino-alcohol motifs (C(OH)–C–C–N with tert-alkyl or cyclic N) is 1. The lowest BCUT2D eigenvalue weighted by Crippen LogP contribution is -2.29. The second kappa shape index (κ2) is 6.50. The smallest absolute Gasteiger partial charge is 0.157 e. The molecule has 0 radical (unpaired) electrons. The van der Waals surface area contributed by atoms with Gasteiger partial charge in [-0.05, 0) is 13.8 Å². The SMILES string of the molecule is CCn1cc(CN2C[C@@H](O)[C@H](Oc3cnn(CC)c3)C2)cn1. The third-order valence-corrected chi connectivity index (χ3v) is 3.95. The zero-order valence-corrected chi connectivity index (χ0v) is 13.1. The van der Waals surface area contributed by atoms with Gasteiger partial charge in [-0.3, -0.25) is 14.3 Å². The Balaban J connectivity index is 1.56. The first kappa shape index (κ1) is 15.1. The largest absolute Gasteiger partial charge is 0.483 e. The van der Waals surface area contributed by atoms with Crippen LogP contribution in [0.1, 0.15) is 19.4 Å². The number of rotatable bonds is 6. The molecule has 2 aromatic rings. The Morgan fingerprint density at radius 1 is 1.14 bits per heavy atom. The van der Waals surface area contributed by atoms with E-state index in [0.717, 1.165) is 25.2 Å². The van der Waals surface area contributed by atoms with Crippen molar-refractivity contribution < 1.29 is 9.84 Å². The van der Waals surface area contributed by atoms with Crippen LogP contribution in [-0.2, 0) is 19.6 Å². The van der Waals surface area contributed by atoms with Gasteiger partial charge in [0.15, 0.2) is 5.75 Å². The van der Waals surface area contributed by atoms with E-state index in [4.69, 9.17) is 4.74 Å². The molecule has 2 aromatic heterocycles. The standard InChI is InChI=1S/C15H23N5O2/c1-3-19-8-12(5-16-19)7-18-10-14(21)15(11-18)22-13-6-17-20(4-2)9-13/h5-6,8-9,14-15,21H,3-4,7,10-11H2,1-2H3/t14-,15-/m1/s1. The van der Waals surface area contributed by atoms with E-state index in [1.54, 1.807) is 6.20 Å². The molecule has 1 aliphatic heterocycles. The van der Waals surface area contributed by atoms with Gasteiger partial charge in [-0.1, -0.05) is 0 Å². The van der Waals surface area contributed by atoms with Gasteiger partial charge in [-0.2, -0.15) is 10.2 Å². The molecule has 3 heterocycles. The van der Waals surface area contributed by atoms with E-state index in [2.05, 4.69) is 22.0 Å².